The zero-order chi connectivity index (χ0) is 16.2. The van der Waals surface area contributed by atoms with Gasteiger partial charge in [0.1, 0.15) is 11.4 Å². The monoisotopic (exact) mass is 417 g/mol. The number of carbonyl (C=O) groups is 1. The van der Waals surface area contributed by atoms with Gasteiger partial charge >= 0.3 is 6.09 Å². The van der Waals surface area contributed by atoms with Crippen LogP contribution in [0.1, 0.15) is 33.6 Å². The van der Waals surface area contributed by atoms with E-state index in [0.29, 0.717) is 12.5 Å². The molecule has 0 N–H and O–H groups in total. The molecular formula is C17H24INO3. The second-order valence-corrected chi connectivity index (χ2v) is 7.92. The number of ether oxygens (including phenoxy) is 2. The smallest absolute Gasteiger partial charge is 0.410 e. The van der Waals surface area contributed by atoms with Crippen molar-refractivity contribution in [1.29, 1.82) is 0 Å². The van der Waals surface area contributed by atoms with Gasteiger partial charge < -0.3 is 14.4 Å². The van der Waals surface area contributed by atoms with E-state index in [1.807, 2.05) is 45.0 Å². The lowest BCUT2D eigenvalue weighted by Gasteiger charge is -2.33. The Morgan fingerprint density at radius 2 is 2.00 bits per heavy atom. The molecule has 1 saturated heterocycles. The van der Waals surface area contributed by atoms with Gasteiger partial charge in [-0.3, -0.25) is 0 Å². The first kappa shape index (κ1) is 17.4. The minimum Gasteiger partial charge on any atom is -0.493 e. The lowest BCUT2D eigenvalue weighted by molar-refractivity contribution is 0.0165. The highest BCUT2D eigenvalue weighted by atomic mass is 127. The summed E-state index contributed by atoms with van der Waals surface area (Å²) in [6.07, 6.45) is 1.72. The number of benzene rings is 1. The number of hydrogen-bond acceptors (Lipinski definition) is 3. The molecule has 1 heterocycles. The van der Waals surface area contributed by atoms with Crippen molar-refractivity contribution in [2.75, 3.05) is 19.7 Å². The van der Waals surface area contributed by atoms with Crippen LogP contribution in [0, 0.1) is 9.49 Å². The lowest BCUT2D eigenvalue weighted by atomic mass is 9.98. The highest BCUT2D eigenvalue weighted by molar-refractivity contribution is 14.1. The molecule has 1 amide bonds. The molecule has 122 valence electrons. The van der Waals surface area contributed by atoms with E-state index in [2.05, 4.69) is 22.6 Å². The summed E-state index contributed by atoms with van der Waals surface area (Å²) < 4.78 is 12.4. The van der Waals surface area contributed by atoms with Gasteiger partial charge in [0.2, 0.25) is 0 Å². The van der Waals surface area contributed by atoms with Crippen molar-refractivity contribution in [3.63, 3.8) is 0 Å². The summed E-state index contributed by atoms with van der Waals surface area (Å²) in [6.45, 7) is 7.89. The van der Waals surface area contributed by atoms with E-state index < -0.39 is 5.60 Å². The number of carbonyl (C=O) groups excluding carboxylic acids is 1. The fourth-order valence-corrected chi connectivity index (χ4v) is 2.89. The fourth-order valence-electron chi connectivity index (χ4n) is 2.38. The molecule has 1 aromatic carbocycles. The molecule has 0 radical (unpaired) electrons. The van der Waals surface area contributed by atoms with Crippen molar-refractivity contribution in [3.8, 4) is 5.75 Å². The van der Waals surface area contributed by atoms with E-state index in [1.54, 1.807) is 4.90 Å². The second kappa shape index (κ2) is 7.53. The summed E-state index contributed by atoms with van der Waals surface area (Å²) >= 11 is 2.28. The first-order valence-corrected chi connectivity index (χ1v) is 8.78. The van der Waals surface area contributed by atoms with Crippen molar-refractivity contribution in [2.45, 2.75) is 39.2 Å². The van der Waals surface area contributed by atoms with Gasteiger partial charge in [-0.15, -0.1) is 0 Å². The number of piperidine rings is 1. The van der Waals surface area contributed by atoms with Crippen LogP contribution in [0.25, 0.3) is 0 Å². The predicted octanol–water partition coefficient (Wildman–Crippen LogP) is 4.32. The molecule has 0 aliphatic carbocycles. The average Bonchev–Trinajstić information content (AvgIpc) is 2.44. The van der Waals surface area contributed by atoms with Gasteiger partial charge in [0.05, 0.1) is 6.61 Å². The number of rotatable bonds is 3. The van der Waals surface area contributed by atoms with E-state index in [1.165, 1.54) is 3.57 Å². The van der Waals surface area contributed by atoms with Crippen molar-refractivity contribution in [3.05, 3.63) is 27.8 Å². The minimum atomic E-state index is -0.429. The number of nitrogens with zero attached hydrogens (tertiary/aromatic N) is 1. The summed E-state index contributed by atoms with van der Waals surface area (Å²) in [5.74, 6) is 1.41. The number of likely N-dealkylation sites (tertiary alicyclic amines) is 1. The van der Waals surface area contributed by atoms with E-state index in [4.69, 9.17) is 9.47 Å². The van der Waals surface area contributed by atoms with Gasteiger partial charge in [-0.2, -0.15) is 0 Å². The van der Waals surface area contributed by atoms with Gasteiger partial charge in [-0.25, -0.2) is 4.79 Å². The zero-order valence-corrected chi connectivity index (χ0v) is 15.6. The molecule has 0 aromatic heterocycles. The number of hydrogen-bond donors (Lipinski definition) is 0. The van der Waals surface area contributed by atoms with Crippen LogP contribution in [-0.2, 0) is 4.74 Å². The Labute approximate surface area is 146 Å². The highest BCUT2D eigenvalue weighted by Gasteiger charge is 2.27. The Balaban J connectivity index is 1.74. The molecule has 1 aliphatic rings. The Morgan fingerprint density at radius 1 is 1.32 bits per heavy atom. The molecule has 0 saturated carbocycles. The Hall–Kier alpha value is -0.980. The van der Waals surface area contributed by atoms with E-state index in [-0.39, 0.29) is 6.09 Å². The molecule has 22 heavy (non-hydrogen) atoms. The molecule has 0 atom stereocenters. The first-order chi connectivity index (χ1) is 10.3. The Bertz CT molecular complexity index is 505. The molecule has 1 fully saturated rings. The standard InChI is InChI=1S/C17H24INO3/c1-17(2,3)22-16(20)19-9-7-13(8-10-19)12-21-15-6-4-5-14(18)11-15/h4-6,11,13H,7-10,12H2,1-3H3. The van der Waals surface area contributed by atoms with Crippen LogP contribution < -0.4 is 4.74 Å². The summed E-state index contributed by atoms with van der Waals surface area (Å²) in [4.78, 5) is 13.8. The van der Waals surface area contributed by atoms with Gasteiger partial charge in [0.25, 0.3) is 0 Å². The molecule has 0 unspecified atom stereocenters. The topological polar surface area (TPSA) is 38.8 Å². The fraction of sp³-hybridized carbons (Fsp3) is 0.588. The highest BCUT2D eigenvalue weighted by Crippen LogP contribution is 2.22. The molecule has 2 rings (SSSR count). The van der Waals surface area contributed by atoms with Crippen LogP contribution in [0.5, 0.6) is 5.75 Å². The summed E-state index contributed by atoms with van der Waals surface area (Å²) in [5, 5.41) is 0. The van der Waals surface area contributed by atoms with Crippen molar-refractivity contribution < 1.29 is 14.3 Å². The molecule has 1 aliphatic heterocycles. The van der Waals surface area contributed by atoms with E-state index >= 15 is 0 Å². The third-order valence-corrected chi connectivity index (χ3v) is 4.22. The first-order valence-electron chi connectivity index (χ1n) is 7.70. The van der Waals surface area contributed by atoms with E-state index in [0.717, 1.165) is 31.7 Å². The lowest BCUT2D eigenvalue weighted by Crippen LogP contribution is -2.42. The molecule has 1 aromatic rings. The molecule has 5 heteroatoms. The third-order valence-electron chi connectivity index (χ3n) is 3.55. The van der Waals surface area contributed by atoms with Gasteiger partial charge in [-0.1, -0.05) is 6.07 Å². The number of halogens is 1. The maximum atomic E-state index is 12.0. The van der Waals surface area contributed by atoms with Gasteiger partial charge in [-0.05, 0) is 80.3 Å². The maximum absolute atomic E-state index is 12.0. The summed E-state index contributed by atoms with van der Waals surface area (Å²) in [5.41, 5.74) is -0.429. The second-order valence-electron chi connectivity index (χ2n) is 6.68. The molecule has 0 spiro atoms. The summed E-state index contributed by atoms with van der Waals surface area (Å²) in [7, 11) is 0. The van der Waals surface area contributed by atoms with Crippen LogP contribution in [0.4, 0.5) is 4.79 Å². The Kier molecular flexibility index (Phi) is 5.94. The summed E-state index contributed by atoms with van der Waals surface area (Å²) in [6, 6.07) is 8.07. The van der Waals surface area contributed by atoms with E-state index in [9.17, 15) is 4.79 Å². The van der Waals surface area contributed by atoms with Gasteiger partial charge in [0, 0.05) is 16.7 Å². The maximum Gasteiger partial charge on any atom is 0.410 e. The van der Waals surface area contributed by atoms with Crippen molar-refractivity contribution in [2.24, 2.45) is 5.92 Å². The van der Waals surface area contributed by atoms with Crippen LogP contribution >= 0.6 is 22.6 Å². The molecular weight excluding hydrogens is 393 g/mol. The predicted molar refractivity (Wildman–Crippen MR) is 95.2 cm³/mol. The average molecular weight is 417 g/mol. The largest absolute Gasteiger partial charge is 0.493 e. The van der Waals surface area contributed by atoms with Crippen molar-refractivity contribution >= 4 is 28.7 Å². The molecule has 4 nitrogen and oxygen atoms in total. The zero-order valence-electron chi connectivity index (χ0n) is 13.5. The Morgan fingerprint density at radius 3 is 2.59 bits per heavy atom. The van der Waals surface area contributed by atoms with Gasteiger partial charge in [0.15, 0.2) is 0 Å². The van der Waals surface area contributed by atoms with Crippen LogP contribution in [0.15, 0.2) is 24.3 Å². The third kappa shape index (κ3) is 5.66. The normalized spacial score (nSPS) is 16.5. The molecule has 0 bridgehead atoms. The van der Waals surface area contributed by atoms with Crippen molar-refractivity contribution in [1.82, 2.24) is 4.90 Å². The number of amides is 1. The van der Waals surface area contributed by atoms with Crippen LogP contribution in [-0.4, -0.2) is 36.3 Å². The minimum absolute atomic E-state index is 0.204. The SMILES string of the molecule is CC(C)(C)OC(=O)N1CCC(COc2cccc(I)c2)CC1. The van der Waals surface area contributed by atoms with Crippen LogP contribution in [0.2, 0.25) is 0 Å². The van der Waals surface area contributed by atoms with Crippen LogP contribution in [0.3, 0.4) is 0 Å². The quantitative estimate of drug-likeness (QED) is 0.688.